The van der Waals surface area contributed by atoms with Gasteiger partial charge in [-0.15, -0.1) is 0 Å². The molecule has 0 saturated heterocycles. The van der Waals surface area contributed by atoms with Crippen LogP contribution in [0.15, 0.2) is 0 Å². The van der Waals surface area contributed by atoms with Crippen molar-refractivity contribution in [3.63, 3.8) is 0 Å². The van der Waals surface area contributed by atoms with Crippen molar-refractivity contribution in [3.8, 4) is 0 Å². The minimum Gasteiger partial charge on any atom is -1.00 e. The normalized spacial score (nSPS) is 12.8. The number of hydrogen-bond acceptors (Lipinski definition) is 3. The van der Waals surface area contributed by atoms with E-state index in [2.05, 4.69) is 6.92 Å². The smallest absolute Gasteiger partial charge is 1.00 e. The van der Waals surface area contributed by atoms with Gasteiger partial charge in [-0.2, -0.15) is 8.42 Å². The van der Waals surface area contributed by atoms with Crippen molar-refractivity contribution in [1.29, 1.82) is 0 Å². The third kappa shape index (κ3) is 17.5. The summed E-state index contributed by atoms with van der Waals surface area (Å²) in [5.74, 6) is 0. The maximum absolute atomic E-state index is 11.0. The van der Waals surface area contributed by atoms with Gasteiger partial charge in [0, 0.05) is 6.54 Å². The third-order valence-electron chi connectivity index (χ3n) is 4.31. The van der Waals surface area contributed by atoms with E-state index in [9.17, 15) is 8.42 Å². The quantitative estimate of drug-likeness (QED) is 0.250. The number of nitrogens with two attached hydrogens (primary N) is 1. The third-order valence-corrected chi connectivity index (χ3v) is 5.58. The predicted octanol–water partition coefficient (Wildman–Crippen LogP) is 1.80. The van der Waals surface area contributed by atoms with E-state index in [-0.39, 0.29) is 37.5 Å². The molecule has 23 heavy (non-hydrogen) atoms. The maximum Gasteiger partial charge on any atom is 1.00 e. The van der Waals surface area contributed by atoms with E-state index in [1.54, 1.807) is 0 Å². The summed E-state index contributed by atoms with van der Waals surface area (Å²) in [5.41, 5.74) is 5.37. The molecule has 1 unspecified atom stereocenters. The summed E-state index contributed by atoms with van der Waals surface area (Å²) >= 11 is 0. The van der Waals surface area contributed by atoms with Crippen LogP contribution >= 0.6 is 0 Å². The van der Waals surface area contributed by atoms with E-state index < -0.39 is 15.4 Å². The molecule has 3 N–H and O–H groups in total. The molecule has 0 bridgehead atoms. The van der Waals surface area contributed by atoms with Crippen LogP contribution in [0.4, 0.5) is 0 Å². The molecular formula is C17H38NNaO3S. The second-order valence-electron chi connectivity index (χ2n) is 6.40. The summed E-state index contributed by atoms with van der Waals surface area (Å²) in [6.07, 6.45) is 16.9. The Hall–Kier alpha value is 0.870. The Bertz CT molecular complexity index is 343. The van der Waals surface area contributed by atoms with E-state index in [4.69, 9.17) is 10.3 Å². The van der Waals surface area contributed by atoms with E-state index in [0.717, 1.165) is 19.3 Å². The second-order valence-corrected chi connectivity index (χ2v) is 8.10. The molecule has 0 amide bonds. The first-order chi connectivity index (χ1) is 10.5. The average molecular weight is 360 g/mol. The SMILES string of the molecule is CCCCCCCCCCCCCCCC(CN)S(=O)(=O)O.[H-].[Na+]. The minimum atomic E-state index is -3.96. The monoisotopic (exact) mass is 359 g/mol. The van der Waals surface area contributed by atoms with Gasteiger partial charge in [-0.3, -0.25) is 4.55 Å². The van der Waals surface area contributed by atoms with Crippen LogP contribution in [0.5, 0.6) is 0 Å². The molecule has 0 aromatic heterocycles. The summed E-state index contributed by atoms with van der Waals surface area (Å²) in [6.45, 7) is 2.26. The average Bonchev–Trinajstić information content (AvgIpc) is 2.46. The van der Waals surface area contributed by atoms with Gasteiger partial charge in [0.2, 0.25) is 0 Å². The van der Waals surface area contributed by atoms with Crippen LogP contribution in [0.3, 0.4) is 0 Å². The van der Waals surface area contributed by atoms with Crippen molar-refractivity contribution in [1.82, 2.24) is 0 Å². The Morgan fingerprint density at radius 2 is 1.17 bits per heavy atom. The summed E-state index contributed by atoms with van der Waals surface area (Å²) < 4.78 is 30.9. The summed E-state index contributed by atoms with van der Waals surface area (Å²) in [4.78, 5) is 0. The van der Waals surface area contributed by atoms with Crippen LogP contribution in [0, 0.1) is 0 Å². The molecule has 0 heterocycles. The van der Waals surface area contributed by atoms with Crippen LogP contribution in [-0.2, 0) is 10.1 Å². The molecule has 4 nitrogen and oxygen atoms in total. The molecule has 0 aromatic carbocycles. The standard InChI is InChI=1S/C17H37NO3S.Na.H/c1-2-3-4-5-6-7-8-9-10-11-12-13-14-15-17(16-18)22(19,20)21;;/h17H,2-16,18H2,1H3,(H,19,20,21);;/q;+1;-1. The van der Waals surface area contributed by atoms with Crippen LogP contribution in [0.1, 0.15) is 98.2 Å². The Morgan fingerprint density at radius 3 is 1.48 bits per heavy atom. The molecule has 6 heteroatoms. The fourth-order valence-corrected chi connectivity index (χ4v) is 3.49. The molecule has 0 fully saturated rings. The summed E-state index contributed by atoms with van der Waals surface area (Å²) in [5, 5.41) is -0.778. The molecule has 0 radical (unpaired) electrons. The zero-order chi connectivity index (χ0) is 16.7. The van der Waals surface area contributed by atoms with Crippen LogP contribution in [0.25, 0.3) is 0 Å². The van der Waals surface area contributed by atoms with Crippen LogP contribution < -0.4 is 35.3 Å². The van der Waals surface area contributed by atoms with Gasteiger partial charge < -0.3 is 7.16 Å². The number of unbranched alkanes of at least 4 members (excludes halogenated alkanes) is 12. The molecule has 0 saturated carbocycles. The van der Waals surface area contributed by atoms with Crippen molar-refractivity contribution < 1.29 is 44.0 Å². The van der Waals surface area contributed by atoms with Crippen LogP contribution in [0.2, 0.25) is 0 Å². The van der Waals surface area contributed by atoms with Crippen molar-refractivity contribution in [3.05, 3.63) is 0 Å². The Balaban J connectivity index is -0.00000220. The summed E-state index contributed by atoms with van der Waals surface area (Å²) in [7, 11) is -3.96. The minimum absolute atomic E-state index is 0. The maximum atomic E-state index is 11.0. The topological polar surface area (TPSA) is 80.4 Å². The summed E-state index contributed by atoms with van der Waals surface area (Å²) in [6, 6.07) is 0. The Kier molecular flexibility index (Phi) is 20.1. The molecule has 0 rings (SSSR count). The molecule has 136 valence electrons. The molecule has 0 aliphatic carbocycles. The van der Waals surface area contributed by atoms with E-state index in [1.165, 1.54) is 64.2 Å². The fourth-order valence-electron chi connectivity index (χ4n) is 2.78. The van der Waals surface area contributed by atoms with E-state index in [1.807, 2.05) is 0 Å². The first-order valence-electron chi connectivity index (χ1n) is 9.18. The first kappa shape index (κ1) is 26.1. The molecule has 0 spiro atoms. The van der Waals surface area contributed by atoms with Crippen LogP contribution in [-0.4, -0.2) is 24.8 Å². The molecule has 0 aromatic rings. The van der Waals surface area contributed by atoms with Gasteiger partial charge in [0.05, 0.1) is 5.25 Å². The molecular weight excluding hydrogens is 321 g/mol. The number of hydrogen-bond donors (Lipinski definition) is 2. The van der Waals surface area contributed by atoms with Gasteiger partial charge >= 0.3 is 29.6 Å². The number of rotatable bonds is 16. The van der Waals surface area contributed by atoms with Crippen molar-refractivity contribution >= 4 is 10.1 Å². The van der Waals surface area contributed by atoms with Gasteiger partial charge in [-0.25, -0.2) is 0 Å². The molecule has 1 atom stereocenters. The van der Waals surface area contributed by atoms with E-state index in [0.29, 0.717) is 6.42 Å². The van der Waals surface area contributed by atoms with Gasteiger partial charge in [0.15, 0.2) is 0 Å². The van der Waals surface area contributed by atoms with Gasteiger partial charge in [-0.1, -0.05) is 90.4 Å². The van der Waals surface area contributed by atoms with E-state index >= 15 is 0 Å². The zero-order valence-electron chi connectivity index (χ0n) is 16.4. The predicted molar refractivity (Wildman–Crippen MR) is 95.8 cm³/mol. The van der Waals surface area contributed by atoms with Gasteiger partial charge in [-0.05, 0) is 6.42 Å². The first-order valence-corrected chi connectivity index (χ1v) is 10.7. The molecule has 0 aliphatic rings. The van der Waals surface area contributed by atoms with Crippen molar-refractivity contribution in [2.24, 2.45) is 5.73 Å². The van der Waals surface area contributed by atoms with Crippen molar-refractivity contribution in [2.45, 2.75) is 102 Å². The largest absolute Gasteiger partial charge is 1.00 e. The Morgan fingerprint density at radius 1 is 0.826 bits per heavy atom. The van der Waals surface area contributed by atoms with Crippen molar-refractivity contribution in [2.75, 3.05) is 6.54 Å². The zero-order valence-corrected chi connectivity index (χ0v) is 18.2. The fraction of sp³-hybridized carbons (Fsp3) is 1.00. The molecule has 0 aliphatic heterocycles. The van der Waals surface area contributed by atoms with Gasteiger partial charge in [0.25, 0.3) is 10.1 Å². The van der Waals surface area contributed by atoms with Gasteiger partial charge in [0.1, 0.15) is 0 Å². The Labute approximate surface area is 167 Å². The second kappa shape index (κ2) is 17.7.